The molecule has 3 aromatic carbocycles. The van der Waals surface area contributed by atoms with Crippen molar-refractivity contribution in [3.63, 3.8) is 0 Å². The molecule has 3 aromatic rings. The highest BCUT2D eigenvalue weighted by atomic mass is 35.5. The average molecular weight is 491 g/mol. The minimum atomic E-state index is -0.628. The average Bonchev–Trinajstić information content (AvgIpc) is 3.05. The lowest BCUT2D eigenvalue weighted by atomic mass is 10.1. The molecule has 0 unspecified atom stereocenters. The minimum absolute atomic E-state index is 0.0451. The molecule has 0 atom stereocenters. The number of imide groups is 1. The number of hydrogen-bond donors (Lipinski definition) is 1. The van der Waals surface area contributed by atoms with Crippen LogP contribution in [0.4, 0.5) is 11.4 Å². The Kier molecular flexibility index (Phi) is 6.89. The second kappa shape index (κ2) is 10.0. The first-order valence-electron chi connectivity index (χ1n) is 11.0. The van der Waals surface area contributed by atoms with Crippen LogP contribution in [0.5, 0.6) is 11.5 Å². The molecule has 1 heterocycles. The van der Waals surface area contributed by atoms with Crippen molar-refractivity contribution in [2.45, 2.75) is 20.8 Å². The first kappa shape index (κ1) is 24.0. The number of carbonyl (C=O) groups is 3. The molecular weight excluding hydrogens is 468 g/mol. The summed E-state index contributed by atoms with van der Waals surface area (Å²) in [5.74, 6) is -0.585. The number of hydrogen-bond acceptors (Lipinski definition) is 6. The van der Waals surface area contributed by atoms with E-state index >= 15 is 0 Å². The lowest BCUT2D eigenvalue weighted by molar-refractivity contribution is -0.120. The molecule has 1 aliphatic heterocycles. The topological polar surface area (TPSA) is 84.9 Å². The maximum atomic E-state index is 13.0. The Bertz CT molecular complexity index is 1330. The Labute approximate surface area is 207 Å². The number of esters is 1. The van der Waals surface area contributed by atoms with E-state index < -0.39 is 17.8 Å². The van der Waals surface area contributed by atoms with Gasteiger partial charge in [-0.3, -0.25) is 9.59 Å². The molecule has 4 rings (SSSR count). The van der Waals surface area contributed by atoms with Gasteiger partial charge in [0.05, 0.1) is 17.9 Å². The van der Waals surface area contributed by atoms with Crippen molar-refractivity contribution < 1.29 is 23.9 Å². The summed E-state index contributed by atoms with van der Waals surface area (Å²) in [7, 11) is 0. The third kappa shape index (κ3) is 5.05. The van der Waals surface area contributed by atoms with Crippen molar-refractivity contribution in [3.8, 4) is 11.5 Å². The van der Waals surface area contributed by atoms with Gasteiger partial charge in [-0.2, -0.15) is 0 Å². The summed E-state index contributed by atoms with van der Waals surface area (Å²) in [6, 6.07) is 18.6. The van der Waals surface area contributed by atoms with Crippen LogP contribution in [0, 0.1) is 13.8 Å². The molecule has 7 nitrogen and oxygen atoms in total. The number of ether oxygens (including phenoxy) is 2. The first-order valence-corrected chi connectivity index (χ1v) is 11.3. The van der Waals surface area contributed by atoms with Gasteiger partial charge in [-0.25, -0.2) is 9.69 Å². The van der Waals surface area contributed by atoms with Crippen LogP contribution in [0.3, 0.4) is 0 Å². The van der Waals surface area contributed by atoms with Crippen LogP contribution in [0.2, 0.25) is 0 Å². The van der Waals surface area contributed by atoms with Gasteiger partial charge in [0.25, 0.3) is 11.8 Å². The van der Waals surface area contributed by atoms with E-state index in [1.807, 2.05) is 32.9 Å². The van der Waals surface area contributed by atoms with Gasteiger partial charge in [0.15, 0.2) is 0 Å². The van der Waals surface area contributed by atoms with E-state index in [-0.39, 0.29) is 10.7 Å². The Balaban J connectivity index is 1.47. The van der Waals surface area contributed by atoms with Crippen LogP contribution in [0.25, 0.3) is 0 Å². The molecule has 2 amide bonds. The van der Waals surface area contributed by atoms with Gasteiger partial charge in [0.1, 0.15) is 22.2 Å². The van der Waals surface area contributed by atoms with Gasteiger partial charge in [-0.15, -0.1) is 0 Å². The van der Waals surface area contributed by atoms with Crippen molar-refractivity contribution in [1.82, 2.24) is 0 Å². The summed E-state index contributed by atoms with van der Waals surface area (Å²) in [4.78, 5) is 39.2. The number of nitrogens with zero attached hydrogens (tertiary/aromatic N) is 1. The Morgan fingerprint density at radius 3 is 2.29 bits per heavy atom. The second-order valence-corrected chi connectivity index (χ2v) is 8.30. The van der Waals surface area contributed by atoms with E-state index in [4.69, 9.17) is 21.1 Å². The summed E-state index contributed by atoms with van der Waals surface area (Å²) in [5, 5.41) is 2.67. The lowest BCUT2D eigenvalue weighted by Crippen LogP contribution is -2.32. The molecule has 8 heteroatoms. The van der Waals surface area contributed by atoms with Crippen molar-refractivity contribution in [2.75, 3.05) is 16.8 Å². The van der Waals surface area contributed by atoms with Crippen LogP contribution in [0.15, 0.2) is 77.5 Å². The molecule has 0 bridgehead atoms. The summed E-state index contributed by atoms with van der Waals surface area (Å²) in [5.41, 5.74) is 2.99. The van der Waals surface area contributed by atoms with E-state index in [1.54, 1.807) is 54.6 Å². The zero-order valence-corrected chi connectivity index (χ0v) is 20.2. The number of aryl methyl sites for hydroxylation is 2. The molecule has 0 radical (unpaired) electrons. The van der Waals surface area contributed by atoms with Crippen LogP contribution < -0.4 is 19.7 Å². The largest absolute Gasteiger partial charge is 0.494 e. The maximum absolute atomic E-state index is 13.0. The van der Waals surface area contributed by atoms with Gasteiger partial charge >= 0.3 is 5.97 Å². The SMILES string of the molecule is CCOc1ccc(N2C(=O)C(Cl)=C(Nc3ccc(C(=O)Oc4cc(C)ccc4C)cc3)C2=O)cc1. The Hall–Kier alpha value is -4.10. The highest BCUT2D eigenvalue weighted by Crippen LogP contribution is 2.31. The number of halogens is 1. The summed E-state index contributed by atoms with van der Waals surface area (Å²) in [6.45, 7) is 6.15. The normalized spacial score (nSPS) is 13.3. The van der Waals surface area contributed by atoms with E-state index in [1.165, 1.54) is 0 Å². The van der Waals surface area contributed by atoms with Gasteiger partial charge in [0.2, 0.25) is 0 Å². The summed E-state index contributed by atoms with van der Waals surface area (Å²) in [6.07, 6.45) is 0. The molecule has 0 saturated heterocycles. The van der Waals surface area contributed by atoms with Crippen molar-refractivity contribution in [2.24, 2.45) is 0 Å². The van der Waals surface area contributed by atoms with Crippen molar-refractivity contribution >= 4 is 40.8 Å². The number of carbonyl (C=O) groups excluding carboxylic acids is 3. The predicted octanol–water partition coefficient (Wildman–Crippen LogP) is 5.36. The molecule has 0 fully saturated rings. The molecule has 0 aliphatic carbocycles. The van der Waals surface area contributed by atoms with Crippen molar-refractivity contribution in [3.05, 3.63) is 94.1 Å². The van der Waals surface area contributed by atoms with E-state index in [0.717, 1.165) is 16.0 Å². The number of nitrogens with one attached hydrogen (secondary N) is 1. The minimum Gasteiger partial charge on any atom is -0.494 e. The third-order valence-electron chi connectivity index (χ3n) is 5.37. The Morgan fingerprint density at radius 1 is 0.943 bits per heavy atom. The number of amides is 2. The fourth-order valence-corrected chi connectivity index (χ4v) is 3.73. The van der Waals surface area contributed by atoms with Crippen molar-refractivity contribution in [1.29, 1.82) is 0 Å². The fraction of sp³-hybridized carbons (Fsp3) is 0.148. The van der Waals surface area contributed by atoms with Gasteiger partial charge < -0.3 is 14.8 Å². The molecule has 35 heavy (non-hydrogen) atoms. The number of anilines is 2. The highest BCUT2D eigenvalue weighted by molar-refractivity contribution is 6.53. The molecule has 0 spiro atoms. The van der Waals surface area contributed by atoms with Crippen LogP contribution >= 0.6 is 11.6 Å². The molecule has 0 saturated carbocycles. The maximum Gasteiger partial charge on any atom is 0.343 e. The quantitative estimate of drug-likeness (QED) is 0.273. The Morgan fingerprint density at radius 2 is 1.63 bits per heavy atom. The first-order chi connectivity index (χ1) is 16.8. The molecule has 178 valence electrons. The number of rotatable bonds is 7. The molecule has 1 N–H and O–H groups in total. The van der Waals surface area contributed by atoms with E-state index in [0.29, 0.717) is 35.0 Å². The zero-order chi connectivity index (χ0) is 25.1. The van der Waals surface area contributed by atoms with Gasteiger partial charge in [-0.05, 0) is 86.5 Å². The zero-order valence-electron chi connectivity index (χ0n) is 19.4. The standard InChI is InChI=1S/C27H23ClN2O5/c1-4-34-21-13-11-20(12-14-21)30-25(31)23(28)24(26(30)32)29-19-9-7-18(8-10-19)27(33)35-22-15-16(2)5-6-17(22)3/h5-15,29H,4H2,1-3H3. The van der Waals surface area contributed by atoms with Crippen LogP contribution in [-0.2, 0) is 9.59 Å². The molecule has 1 aliphatic rings. The van der Waals surface area contributed by atoms with E-state index in [2.05, 4.69) is 5.32 Å². The highest BCUT2D eigenvalue weighted by Gasteiger charge is 2.39. The predicted molar refractivity (Wildman–Crippen MR) is 134 cm³/mol. The molecule has 0 aromatic heterocycles. The molecular formula is C27H23ClN2O5. The van der Waals surface area contributed by atoms with Crippen LogP contribution in [-0.4, -0.2) is 24.4 Å². The van der Waals surface area contributed by atoms with Gasteiger partial charge in [0, 0.05) is 5.69 Å². The van der Waals surface area contributed by atoms with Crippen LogP contribution in [0.1, 0.15) is 28.4 Å². The summed E-state index contributed by atoms with van der Waals surface area (Å²) < 4.78 is 10.9. The third-order valence-corrected chi connectivity index (χ3v) is 5.72. The number of benzene rings is 3. The fourth-order valence-electron chi connectivity index (χ4n) is 3.51. The van der Waals surface area contributed by atoms with Gasteiger partial charge in [-0.1, -0.05) is 23.7 Å². The summed E-state index contributed by atoms with van der Waals surface area (Å²) >= 11 is 6.20. The lowest BCUT2D eigenvalue weighted by Gasteiger charge is -2.15. The second-order valence-electron chi connectivity index (χ2n) is 7.92. The smallest absolute Gasteiger partial charge is 0.343 e. The monoisotopic (exact) mass is 490 g/mol. The van der Waals surface area contributed by atoms with E-state index in [9.17, 15) is 14.4 Å².